The van der Waals surface area contributed by atoms with E-state index in [9.17, 15) is 33.9 Å². The van der Waals surface area contributed by atoms with Gasteiger partial charge in [0.2, 0.25) is 29.5 Å². The van der Waals surface area contributed by atoms with Crippen LogP contribution in [0.3, 0.4) is 0 Å². The van der Waals surface area contributed by atoms with Crippen LogP contribution in [0.1, 0.15) is 44.9 Å². The first-order valence-corrected chi connectivity index (χ1v) is 12.4. The summed E-state index contributed by atoms with van der Waals surface area (Å²) in [5.41, 5.74) is 10.2. The van der Waals surface area contributed by atoms with Gasteiger partial charge in [-0.15, -0.1) is 0 Å². The maximum atomic E-state index is 13.0. The van der Waals surface area contributed by atoms with Gasteiger partial charge < -0.3 is 37.8 Å². The second kappa shape index (κ2) is 15.1. The van der Waals surface area contributed by atoms with Crippen molar-refractivity contribution in [1.82, 2.24) is 21.3 Å². The molecular weight excluding hydrogens is 468 g/mol. The Kier molecular flexibility index (Phi) is 13.0. The summed E-state index contributed by atoms with van der Waals surface area (Å²) in [6.45, 7) is 0.704. The molecule has 4 atom stereocenters. The van der Waals surface area contributed by atoms with Crippen LogP contribution in [0.2, 0.25) is 0 Å². The average molecular weight is 503 g/mol. The number of thioether (sulfide) groups is 1. The molecule has 0 aliphatic carbocycles. The van der Waals surface area contributed by atoms with Crippen LogP contribution in [0, 0.1) is 0 Å². The summed E-state index contributed by atoms with van der Waals surface area (Å²) in [6, 6.07) is -4.04. The lowest BCUT2D eigenvalue weighted by Gasteiger charge is -2.25. The van der Waals surface area contributed by atoms with Gasteiger partial charge in [0.1, 0.15) is 18.1 Å². The molecule has 192 valence electrons. The van der Waals surface area contributed by atoms with Crippen molar-refractivity contribution in [1.29, 1.82) is 0 Å². The number of carboxylic acids is 1. The Hall–Kier alpha value is -2.87. The molecule has 0 bridgehead atoms. The molecule has 9 N–H and O–H groups in total. The smallest absolute Gasteiger partial charge is 0.326 e. The Morgan fingerprint density at radius 1 is 0.912 bits per heavy atom. The number of rotatable bonds is 16. The zero-order valence-corrected chi connectivity index (χ0v) is 19.9. The molecule has 0 radical (unpaired) electrons. The fourth-order valence-electron chi connectivity index (χ4n) is 3.33. The van der Waals surface area contributed by atoms with Gasteiger partial charge in [-0.3, -0.25) is 24.0 Å². The first kappa shape index (κ1) is 29.2. The molecule has 0 saturated carbocycles. The molecule has 34 heavy (non-hydrogen) atoms. The molecule has 4 unspecified atom stereocenters. The molecule has 5 amide bonds. The van der Waals surface area contributed by atoms with Crippen molar-refractivity contribution >= 4 is 47.3 Å². The summed E-state index contributed by atoms with van der Waals surface area (Å²) in [7, 11) is 0. The molecule has 0 aromatic rings. The molecule has 0 aromatic carbocycles. The third-order valence-corrected chi connectivity index (χ3v) is 5.87. The Morgan fingerprint density at radius 2 is 1.44 bits per heavy atom. The number of aliphatic carboxylic acids is 1. The van der Waals surface area contributed by atoms with Gasteiger partial charge in [0.25, 0.3) is 0 Å². The van der Waals surface area contributed by atoms with Crippen molar-refractivity contribution in [3.8, 4) is 0 Å². The predicted octanol–water partition coefficient (Wildman–Crippen LogP) is -2.44. The highest BCUT2D eigenvalue weighted by atomic mass is 32.2. The van der Waals surface area contributed by atoms with Crippen molar-refractivity contribution in [2.75, 3.05) is 18.6 Å². The SMILES string of the molecule is CSCCC(NC(=O)C1CCCN1)C(=O)NC(CCC(N)=O)C(=O)NC(CCC(N)=O)C(=O)O. The molecule has 13 nitrogen and oxygen atoms in total. The number of carboxylic acid groups (broad SMARTS) is 1. The van der Waals surface area contributed by atoms with Crippen molar-refractivity contribution in [2.45, 2.75) is 69.1 Å². The molecule has 1 aliphatic heterocycles. The van der Waals surface area contributed by atoms with Crippen LogP contribution in [0.5, 0.6) is 0 Å². The van der Waals surface area contributed by atoms with Gasteiger partial charge in [-0.25, -0.2) is 4.79 Å². The molecule has 0 spiro atoms. The highest BCUT2D eigenvalue weighted by molar-refractivity contribution is 7.98. The van der Waals surface area contributed by atoms with Crippen LogP contribution in [-0.2, 0) is 28.8 Å². The minimum absolute atomic E-state index is 0.178. The summed E-state index contributed by atoms with van der Waals surface area (Å²) in [6.07, 6.45) is 2.70. The number of hydrogen-bond donors (Lipinski definition) is 7. The van der Waals surface area contributed by atoms with Gasteiger partial charge in [-0.05, 0) is 50.7 Å². The monoisotopic (exact) mass is 502 g/mol. The lowest BCUT2D eigenvalue weighted by molar-refractivity contribution is -0.142. The summed E-state index contributed by atoms with van der Waals surface area (Å²) in [5, 5.41) is 19.8. The molecule has 1 heterocycles. The second-order valence-electron chi connectivity index (χ2n) is 7.96. The molecule has 1 fully saturated rings. The van der Waals surface area contributed by atoms with E-state index in [-0.39, 0.29) is 31.6 Å². The van der Waals surface area contributed by atoms with E-state index in [0.29, 0.717) is 25.1 Å². The van der Waals surface area contributed by atoms with Crippen LogP contribution in [0.15, 0.2) is 0 Å². The average Bonchev–Trinajstić information content (AvgIpc) is 3.31. The van der Waals surface area contributed by atoms with E-state index in [4.69, 9.17) is 11.5 Å². The molecular formula is C20H34N6O7S. The quantitative estimate of drug-likeness (QED) is 0.119. The first-order chi connectivity index (χ1) is 16.0. The largest absolute Gasteiger partial charge is 0.480 e. The fraction of sp³-hybridized carbons (Fsp3) is 0.700. The molecule has 0 aromatic heterocycles. The van der Waals surface area contributed by atoms with E-state index in [1.54, 1.807) is 0 Å². The number of carbonyl (C=O) groups excluding carboxylic acids is 5. The molecule has 1 saturated heterocycles. The van der Waals surface area contributed by atoms with Gasteiger partial charge in [0, 0.05) is 12.8 Å². The molecule has 1 aliphatic rings. The second-order valence-corrected chi connectivity index (χ2v) is 8.95. The van der Waals surface area contributed by atoms with E-state index < -0.39 is 53.8 Å². The Balaban J connectivity index is 2.92. The zero-order valence-electron chi connectivity index (χ0n) is 19.1. The maximum absolute atomic E-state index is 13.0. The number of hydrogen-bond acceptors (Lipinski definition) is 8. The van der Waals surface area contributed by atoms with Gasteiger partial charge in [0.15, 0.2) is 0 Å². The van der Waals surface area contributed by atoms with Crippen molar-refractivity contribution in [2.24, 2.45) is 11.5 Å². The van der Waals surface area contributed by atoms with Gasteiger partial charge >= 0.3 is 5.97 Å². The van der Waals surface area contributed by atoms with E-state index in [0.717, 1.165) is 6.42 Å². The van der Waals surface area contributed by atoms with Crippen LogP contribution >= 0.6 is 11.8 Å². The highest BCUT2D eigenvalue weighted by Crippen LogP contribution is 2.09. The van der Waals surface area contributed by atoms with Crippen molar-refractivity contribution in [3.05, 3.63) is 0 Å². The third kappa shape index (κ3) is 10.8. The normalized spacial score (nSPS) is 17.7. The van der Waals surface area contributed by atoms with E-state index in [1.807, 2.05) is 6.26 Å². The van der Waals surface area contributed by atoms with Crippen LogP contribution in [0.25, 0.3) is 0 Å². The minimum Gasteiger partial charge on any atom is -0.480 e. The van der Waals surface area contributed by atoms with Crippen LogP contribution < -0.4 is 32.7 Å². The number of carbonyl (C=O) groups is 6. The van der Waals surface area contributed by atoms with Gasteiger partial charge in [-0.2, -0.15) is 11.8 Å². The summed E-state index contributed by atoms with van der Waals surface area (Å²) < 4.78 is 0. The molecule has 1 rings (SSSR count). The Labute approximate surface area is 201 Å². The first-order valence-electron chi connectivity index (χ1n) is 11.0. The van der Waals surface area contributed by atoms with Crippen molar-refractivity contribution in [3.63, 3.8) is 0 Å². The highest BCUT2D eigenvalue weighted by Gasteiger charge is 2.31. The van der Waals surface area contributed by atoms with Gasteiger partial charge in [-0.1, -0.05) is 0 Å². The predicted molar refractivity (Wildman–Crippen MR) is 124 cm³/mol. The van der Waals surface area contributed by atoms with E-state index >= 15 is 0 Å². The number of nitrogens with two attached hydrogens (primary N) is 2. The third-order valence-electron chi connectivity index (χ3n) is 5.23. The zero-order chi connectivity index (χ0) is 25.7. The van der Waals surface area contributed by atoms with Crippen molar-refractivity contribution < 1.29 is 33.9 Å². The standard InChI is InChI=1S/C20H34N6O7S/c1-34-10-8-13(25-17(29)11-3-2-9-23-11)19(31)24-12(4-6-15(21)27)18(30)26-14(20(32)33)5-7-16(22)28/h11-14,23H,2-10H2,1H3,(H2,21,27)(H2,22,28)(H,24,31)(H,25,29)(H,26,30)(H,32,33). The van der Waals surface area contributed by atoms with Crippen LogP contribution in [-0.4, -0.2) is 83.3 Å². The van der Waals surface area contributed by atoms with Gasteiger partial charge in [0.05, 0.1) is 6.04 Å². The topological polar surface area (TPSA) is 223 Å². The lowest BCUT2D eigenvalue weighted by Crippen LogP contribution is -2.57. The summed E-state index contributed by atoms with van der Waals surface area (Å²) >= 11 is 1.48. The number of amides is 5. The van der Waals surface area contributed by atoms with Crippen LogP contribution in [0.4, 0.5) is 0 Å². The summed E-state index contributed by atoms with van der Waals surface area (Å²) in [4.78, 5) is 71.9. The number of nitrogens with one attached hydrogen (secondary N) is 4. The Bertz CT molecular complexity index is 760. The lowest BCUT2D eigenvalue weighted by atomic mass is 10.1. The Morgan fingerprint density at radius 3 is 1.91 bits per heavy atom. The van der Waals surface area contributed by atoms with E-state index in [1.165, 1.54) is 11.8 Å². The summed E-state index contributed by atoms with van der Waals surface area (Å²) in [5.74, 6) is -4.10. The number of primary amides is 2. The minimum atomic E-state index is -1.42. The van der Waals surface area contributed by atoms with E-state index in [2.05, 4.69) is 21.3 Å². The molecule has 14 heteroatoms. The maximum Gasteiger partial charge on any atom is 0.326 e. The fourth-order valence-corrected chi connectivity index (χ4v) is 3.80.